The van der Waals surface area contributed by atoms with Crippen LogP contribution in [0.4, 0.5) is 0 Å². The van der Waals surface area contributed by atoms with Crippen molar-refractivity contribution in [3.8, 4) is 0 Å². The molecule has 1 heterocycles. The van der Waals surface area contributed by atoms with Gasteiger partial charge in [0, 0.05) is 0 Å². The fourth-order valence-electron chi connectivity index (χ4n) is 1.22. The Hall–Kier alpha value is -0.380. The molecule has 0 aliphatic carbocycles. The summed E-state index contributed by atoms with van der Waals surface area (Å²) in [6, 6.07) is 3.93. The molecule has 1 unspecified atom stereocenters. The van der Waals surface area contributed by atoms with Crippen LogP contribution in [0, 0.1) is 0 Å². The number of rotatable bonds is 3. The van der Waals surface area contributed by atoms with Crippen LogP contribution in [0.15, 0.2) is 17.5 Å². The molecule has 1 aromatic rings. The highest BCUT2D eigenvalue weighted by Crippen LogP contribution is 2.30. The number of nitrogens with zero attached hydrogens (tertiary/aromatic N) is 1. The van der Waals surface area contributed by atoms with Gasteiger partial charge in [-0.2, -0.15) is 0 Å². The second-order valence-electron chi connectivity index (χ2n) is 3.04. The first-order chi connectivity index (χ1) is 5.61. The average Bonchev–Trinajstić information content (AvgIpc) is 2.54. The molecule has 0 amide bonds. The van der Waals surface area contributed by atoms with E-state index in [2.05, 4.69) is 0 Å². The highest BCUT2D eigenvalue weighted by Gasteiger charge is 2.30. The van der Waals surface area contributed by atoms with Crippen LogP contribution in [0.3, 0.4) is 0 Å². The van der Waals surface area contributed by atoms with Gasteiger partial charge in [-0.05, 0) is 32.0 Å². The summed E-state index contributed by atoms with van der Waals surface area (Å²) in [4.78, 5) is 2.86. The molecular formula is C9H15NOS. The Kier molecular flexibility index (Phi) is 2.88. The fourth-order valence-corrected chi connectivity index (χ4v) is 2.19. The molecule has 1 atom stereocenters. The summed E-state index contributed by atoms with van der Waals surface area (Å²) in [6.45, 7) is 1.99. The molecule has 0 saturated carbocycles. The molecule has 1 N–H and O–H groups in total. The first kappa shape index (κ1) is 9.71. The molecule has 0 saturated heterocycles. The molecular weight excluding hydrogens is 170 g/mol. The van der Waals surface area contributed by atoms with Crippen LogP contribution in [0.1, 0.15) is 18.2 Å². The lowest BCUT2D eigenvalue weighted by Gasteiger charge is -2.32. The van der Waals surface area contributed by atoms with Crippen LogP contribution >= 0.6 is 11.3 Å². The van der Waals surface area contributed by atoms with Crippen molar-refractivity contribution in [2.45, 2.75) is 19.1 Å². The molecule has 68 valence electrons. The first-order valence-corrected chi connectivity index (χ1v) is 4.93. The van der Waals surface area contributed by atoms with Crippen molar-refractivity contribution in [1.29, 1.82) is 0 Å². The van der Waals surface area contributed by atoms with Gasteiger partial charge in [-0.25, -0.2) is 0 Å². The molecule has 0 aromatic carbocycles. The van der Waals surface area contributed by atoms with Gasteiger partial charge in [-0.15, -0.1) is 11.3 Å². The minimum Gasteiger partial charge on any atom is -0.371 e. The average molecular weight is 185 g/mol. The van der Waals surface area contributed by atoms with Crippen molar-refractivity contribution >= 4 is 11.3 Å². The van der Waals surface area contributed by atoms with Gasteiger partial charge in [0.25, 0.3) is 0 Å². The van der Waals surface area contributed by atoms with E-state index in [1.54, 1.807) is 11.3 Å². The lowest BCUT2D eigenvalue weighted by Crippen LogP contribution is -2.39. The zero-order valence-electron chi connectivity index (χ0n) is 7.74. The Morgan fingerprint density at radius 1 is 1.58 bits per heavy atom. The van der Waals surface area contributed by atoms with Crippen LogP contribution in [-0.4, -0.2) is 24.1 Å². The SMILES string of the molecule is CCC(O)(c1cccs1)N(C)C. The summed E-state index contributed by atoms with van der Waals surface area (Å²) in [5, 5.41) is 12.2. The third-order valence-corrected chi connectivity index (χ3v) is 3.16. The number of aliphatic hydroxyl groups is 1. The topological polar surface area (TPSA) is 23.5 Å². The third kappa shape index (κ3) is 1.53. The summed E-state index contributed by atoms with van der Waals surface area (Å²) >= 11 is 1.59. The van der Waals surface area contributed by atoms with Gasteiger partial charge in [0.15, 0.2) is 5.72 Å². The van der Waals surface area contributed by atoms with E-state index in [1.807, 2.05) is 43.4 Å². The molecule has 0 bridgehead atoms. The molecule has 0 spiro atoms. The van der Waals surface area contributed by atoms with Crippen molar-refractivity contribution in [2.75, 3.05) is 14.1 Å². The second kappa shape index (κ2) is 3.56. The minimum absolute atomic E-state index is 0.709. The number of thiophene rings is 1. The Balaban J connectivity index is 2.96. The zero-order valence-corrected chi connectivity index (χ0v) is 8.56. The maximum absolute atomic E-state index is 10.2. The van der Waals surface area contributed by atoms with Crippen molar-refractivity contribution in [2.24, 2.45) is 0 Å². The Labute approximate surface area is 77.5 Å². The van der Waals surface area contributed by atoms with Gasteiger partial charge in [-0.1, -0.05) is 13.0 Å². The smallest absolute Gasteiger partial charge is 0.153 e. The van der Waals surface area contributed by atoms with Gasteiger partial charge in [0.1, 0.15) is 0 Å². The lowest BCUT2D eigenvalue weighted by molar-refractivity contribution is -0.0891. The van der Waals surface area contributed by atoms with Crippen molar-refractivity contribution in [3.63, 3.8) is 0 Å². The van der Waals surface area contributed by atoms with Crippen LogP contribution in [0.5, 0.6) is 0 Å². The van der Waals surface area contributed by atoms with Crippen LogP contribution < -0.4 is 0 Å². The van der Waals surface area contributed by atoms with E-state index >= 15 is 0 Å². The number of hydrogen-bond donors (Lipinski definition) is 1. The van der Waals surface area contributed by atoms with E-state index in [9.17, 15) is 5.11 Å². The van der Waals surface area contributed by atoms with Crippen LogP contribution in [0.2, 0.25) is 0 Å². The summed E-state index contributed by atoms with van der Waals surface area (Å²) in [6.07, 6.45) is 0.709. The van der Waals surface area contributed by atoms with Gasteiger partial charge in [-0.3, -0.25) is 4.90 Å². The predicted molar refractivity (Wildman–Crippen MR) is 52.2 cm³/mol. The Morgan fingerprint density at radius 2 is 2.25 bits per heavy atom. The van der Waals surface area contributed by atoms with Crippen molar-refractivity contribution in [3.05, 3.63) is 22.4 Å². The largest absolute Gasteiger partial charge is 0.371 e. The van der Waals surface area contributed by atoms with Gasteiger partial charge < -0.3 is 5.11 Å². The molecule has 0 aliphatic heterocycles. The Morgan fingerprint density at radius 3 is 2.58 bits per heavy atom. The maximum atomic E-state index is 10.2. The van der Waals surface area contributed by atoms with Gasteiger partial charge >= 0.3 is 0 Å². The van der Waals surface area contributed by atoms with E-state index in [4.69, 9.17) is 0 Å². The van der Waals surface area contributed by atoms with E-state index in [0.717, 1.165) is 4.88 Å². The van der Waals surface area contributed by atoms with E-state index in [-0.39, 0.29) is 0 Å². The Bertz CT molecular complexity index is 233. The molecule has 1 rings (SSSR count). The van der Waals surface area contributed by atoms with Crippen LogP contribution in [-0.2, 0) is 5.72 Å². The standard InChI is InChI=1S/C9H15NOS/c1-4-9(11,10(2)3)8-6-5-7-12-8/h5-7,11H,4H2,1-3H3. The second-order valence-corrected chi connectivity index (χ2v) is 3.99. The molecule has 2 nitrogen and oxygen atoms in total. The van der Waals surface area contributed by atoms with E-state index in [1.165, 1.54) is 0 Å². The summed E-state index contributed by atoms with van der Waals surface area (Å²) in [5.41, 5.74) is -0.784. The molecule has 0 radical (unpaired) electrons. The molecule has 3 heteroatoms. The van der Waals surface area contributed by atoms with E-state index in [0.29, 0.717) is 6.42 Å². The summed E-state index contributed by atoms with van der Waals surface area (Å²) in [7, 11) is 3.78. The third-order valence-electron chi connectivity index (χ3n) is 2.15. The lowest BCUT2D eigenvalue weighted by atomic mass is 10.1. The molecule has 0 fully saturated rings. The van der Waals surface area contributed by atoms with Crippen molar-refractivity contribution in [1.82, 2.24) is 4.90 Å². The molecule has 12 heavy (non-hydrogen) atoms. The highest BCUT2D eigenvalue weighted by atomic mass is 32.1. The fraction of sp³-hybridized carbons (Fsp3) is 0.556. The molecule has 1 aromatic heterocycles. The monoisotopic (exact) mass is 185 g/mol. The van der Waals surface area contributed by atoms with E-state index < -0.39 is 5.72 Å². The predicted octanol–water partition coefficient (Wildman–Crippen LogP) is 1.86. The maximum Gasteiger partial charge on any atom is 0.153 e. The van der Waals surface area contributed by atoms with Crippen molar-refractivity contribution < 1.29 is 5.11 Å². The summed E-state index contributed by atoms with van der Waals surface area (Å²) < 4.78 is 0. The van der Waals surface area contributed by atoms with Gasteiger partial charge in [0.2, 0.25) is 0 Å². The summed E-state index contributed by atoms with van der Waals surface area (Å²) in [5.74, 6) is 0. The quantitative estimate of drug-likeness (QED) is 0.727. The normalized spacial score (nSPS) is 16.4. The minimum atomic E-state index is -0.784. The van der Waals surface area contributed by atoms with Crippen LogP contribution in [0.25, 0.3) is 0 Å². The highest BCUT2D eigenvalue weighted by molar-refractivity contribution is 7.10. The number of hydrogen-bond acceptors (Lipinski definition) is 3. The van der Waals surface area contributed by atoms with Gasteiger partial charge in [0.05, 0.1) is 4.88 Å². The molecule has 0 aliphatic rings. The zero-order chi connectivity index (χ0) is 9.19. The first-order valence-electron chi connectivity index (χ1n) is 4.05.